The van der Waals surface area contributed by atoms with Gasteiger partial charge >= 0.3 is 0 Å². The lowest BCUT2D eigenvalue weighted by Crippen LogP contribution is -2.38. The molecule has 0 fully saturated rings. The van der Waals surface area contributed by atoms with Crippen LogP contribution in [-0.4, -0.2) is 36.8 Å². The zero-order valence-electron chi connectivity index (χ0n) is 17.9. The van der Waals surface area contributed by atoms with E-state index >= 15 is 0 Å². The maximum absolute atomic E-state index is 13.0. The molecule has 2 N–H and O–H groups in total. The van der Waals surface area contributed by atoms with Gasteiger partial charge in [-0.05, 0) is 31.5 Å². The van der Waals surface area contributed by atoms with E-state index in [0.717, 1.165) is 5.56 Å². The molecule has 0 aliphatic rings. The van der Waals surface area contributed by atoms with Gasteiger partial charge in [0.05, 0.1) is 28.9 Å². The van der Waals surface area contributed by atoms with Gasteiger partial charge in [0.1, 0.15) is 10.6 Å². The van der Waals surface area contributed by atoms with Gasteiger partial charge in [0, 0.05) is 19.8 Å². The van der Waals surface area contributed by atoms with Gasteiger partial charge in [-0.1, -0.05) is 48.0 Å². The minimum absolute atomic E-state index is 0.0414. The van der Waals surface area contributed by atoms with Gasteiger partial charge in [-0.2, -0.15) is 5.10 Å². The molecule has 170 valence electrons. The van der Waals surface area contributed by atoms with Crippen LogP contribution in [0.25, 0.3) is 0 Å². The predicted octanol–water partition coefficient (Wildman–Crippen LogP) is 3.31. The van der Waals surface area contributed by atoms with Crippen molar-refractivity contribution < 1.29 is 17.9 Å². The van der Waals surface area contributed by atoms with Gasteiger partial charge in [0.2, 0.25) is 10.0 Å². The second-order valence-corrected chi connectivity index (χ2v) is 9.57. The lowest BCUT2D eigenvalue weighted by Gasteiger charge is -2.21. The number of nitrogens with one attached hydrogen (secondary N) is 2. The average molecular weight is 477 g/mol. The van der Waals surface area contributed by atoms with E-state index in [4.69, 9.17) is 16.3 Å². The summed E-state index contributed by atoms with van der Waals surface area (Å²) in [7, 11) is -2.17. The smallest absolute Gasteiger partial charge is 0.253 e. The minimum atomic E-state index is -3.80. The van der Waals surface area contributed by atoms with E-state index in [0.29, 0.717) is 5.75 Å². The van der Waals surface area contributed by atoms with Crippen molar-refractivity contribution in [3.05, 3.63) is 77.1 Å². The molecule has 3 aromatic rings. The maximum Gasteiger partial charge on any atom is 0.253 e. The largest absolute Gasteiger partial charge is 0.489 e. The molecule has 3 rings (SSSR count). The number of hydrogen-bond donors (Lipinski definition) is 2. The molecule has 1 aromatic heterocycles. The number of aromatic nitrogens is 2. The van der Waals surface area contributed by atoms with E-state index in [1.165, 1.54) is 17.1 Å². The molecule has 0 bridgehead atoms. The van der Waals surface area contributed by atoms with Gasteiger partial charge < -0.3 is 10.1 Å². The number of rotatable bonds is 9. The molecule has 0 aliphatic carbocycles. The molecule has 0 saturated carbocycles. The summed E-state index contributed by atoms with van der Waals surface area (Å²) in [5.74, 6) is -0.0403. The van der Waals surface area contributed by atoms with E-state index in [1.54, 1.807) is 25.2 Å². The van der Waals surface area contributed by atoms with E-state index in [9.17, 15) is 13.2 Å². The van der Waals surface area contributed by atoms with Gasteiger partial charge in [-0.25, -0.2) is 13.1 Å². The highest BCUT2D eigenvalue weighted by Gasteiger charge is 2.23. The molecule has 1 heterocycles. The van der Waals surface area contributed by atoms with Gasteiger partial charge in [-0.3, -0.25) is 9.48 Å². The molecule has 1 atom stereocenters. The van der Waals surface area contributed by atoms with Crippen LogP contribution in [0.1, 0.15) is 35.8 Å². The summed E-state index contributed by atoms with van der Waals surface area (Å²) in [5, 5.41) is 6.97. The molecule has 0 spiro atoms. The lowest BCUT2D eigenvalue weighted by molar-refractivity contribution is 0.0936. The number of nitrogens with zero attached hydrogens (tertiary/aromatic N) is 2. The quantitative estimate of drug-likeness (QED) is 0.493. The first kappa shape index (κ1) is 23.8. The van der Waals surface area contributed by atoms with Crippen molar-refractivity contribution in [3.8, 4) is 5.75 Å². The Morgan fingerprint density at radius 1 is 1.16 bits per heavy atom. The van der Waals surface area contributed by atoms with Crippen molar-refractivity contribution in [2.45, 2.75) is 30.9 Å². The first-order chi connectivity index (χ1) is 15.2. The summed E-state index contributed by atoms with van der Waals surface area (Å²) >= 11 is 6.40. The topological polar surface area (TPSA) is 102 Å². The van der Waals surface area contributed by atoms with E-state index in [2.05, 4.69) is 15.1 Å². The highest BCUT2D eigenvalue weighted by atomic mass is 35.5. The molecule has 8 nitrogen and oxygen atoms in total. The zero-order valence-corrected chi connectivity index (χ0v) is 19.5. The summed E-state index contributed by atoms with van der Waals surface area (Å²) in [6, 6.07) is 13.4. The number of benzene rings is 2. The Morgan fingerprint density at radius 3 is 2.50 bits per heavy atom. The molecule has 2 aromatic carbocycles. The van der Waals surface area contributed by atoms with E-state index < -0.39 is 22.0 Å². The van der Waals surface area contributed by atoms with Crippen molar-refractivity contribution in [2.75, 3.05) is 6.54 Å². The van der Waals surface area contributed by atoms with Crippen LogP contribution in [0.5, 0.6) is 5.75 Å². The standard InChI is InChI=1S/C22H25ClN4O4S/c1-15(2)31-20-11-7-10-18(21(20)23)22(28)26-19(16-8-5-4-6-9-16)13-25-32(29,30)17-12-24-27(3)14-17/h4-12,14-15,19,25H,13H2,1-3H3,(H,26,28). The number of ether oxygens (including phenoxy) is 1. The Balaban J connectivity index is 1.82. The maximum atomic E-state index is 13.0. The number of aryl methyl sites for hydroxylation is 1. The van der Waals surface area contributed by atoms with Crippen LogP contribution in [0.2, 0.25) is 5.02 Å². The van der Waals surface area contributed by atoms with Crippen LogP contribution in [0.15, 0.2) is 65.8 Å². The molecule has 1 unspecified atom stereocenters. The van der Waals surface area contributed by atoms with Gasteiger partial charge in [0.25, 0.3) is 5.91 Å². The number of amides is 1. The fourth-order valence-electron chi connectivity index (χ4n) is 3.02. The molecule has 0 radical (unpaired) electrons. The Kier molecular flexibility index (Phi) is 7.55. The first-order valence-electron chi connectivity index (χ1n) is 9.96. The SMILES string of the molecule is CC(C)Oc1cccc(C(=O)NC(CNS(=O)(=O)c2cnn(C)c2)c2ccccc2)c1Cl. The molecule has 0 saturated heterocycles. The third-order valence-corrected chi connectivity index (χ3v) is 6.31. The predicted molar refractivity (Wildman–Crippen MR) is 122 cm³/mol. The van der Waals surface area contributed by atoms with E-state index in [-0.39, 0.29) is 28.1 Å². The number of halogens is 1. The molecule has 1 amide bonds. The normalized spacial score (nSPS) is 12.5. The summed E-state index contributed by atoms with van der Waals surface area (Å²) in [5.41, 5.74) is 0.973. The van der Waals surface area contributed by atoms with Crippen molar-refractivity contribution >= 4 is 27.5 Å². The van der Waals surface area contributed by atoms with Crippen LogP contribution >= 0.6 is 11.6 Å². The first-order valence-corrected chi connectivity index (χ1v) is 11.8. The monoisotopic (exact) mass is 476 g/mol. The fourth-order valence-corrected chi connectivity index (χ4v) is 4.30. The molecular formula is C22H25ClN4O4S. The fraction of sp³-hybridized carbons (Fsp3) is 0.273. The molecular weight excluding hydrogens is 452 g/mol. The second kappa shape index (κ2) is 10.2. The van der Waals surface area contributed by atoms with Gasteiger partial charge in [0.15, 0.2) is 0 Å². The number of carbonyl (C=O) groups excluding carboxylic acids is 1. The molecule has 32 heavy (non-hydrogen) atoms. The number of carbonyl (C=O) groups is 1. The Bertz CT molecular complexity index is 1180. The third-order valence-electron chi connectivity index (χ3n) is 4.55. The van der Waals surface area contributed by atoms with Crippen molar-refractivity contribution in [1.82, 2.24) is 19.8 Å². The van der Waals surface area contributed by atoms with E-state index in [1.807, 2.05) is 44.2 Å². The second-order valence-electron chi connectivity index (χ2n) is 7.42. The average Bonchev–Trinajstić information content (AvgIpc) is 3.20. The van der Waals surface area contributed by atoms with Gasteiger partial charge in [-0.15, -0.1) is 0 Å². The minimum Gasteiger partial charge on any atom is -0.489 e. The highest BCUT2D eigenvalue weighted by molar-refractivity contribution is 7.89. The molecule has 10 heteroatoms. The van der Waals surface area contributed by atoms with Crippen LogP contribution in [0.3, 0.4) is 0 Å². The summed E-state index contributed by atoms with van der Waals surface area (Å²) in [6.07, 6.45) is 2.56. The van der Waals surface area contributed by atoms with Crippen LogP contribution in [0, 0.1) is 0 Å². The van der Waals surface area contributed by atoms with Crippen molar-refractivity contribution in [2.24, 2.45) is 7.05 Å². The number of hydrogen-bond acceptors (Lipinski definition) is 5. The van der Waals surface area contributed by atoms with Crippen molar-refractivity contribution in [3.63, 3.8) is 0 Å². The Morgan fingerprint density at radius 2 is 1.88 bits per heavy atom. The van der Waals surface area contributed by atoms with Crippen LogP contribution in [0.4, 0.5) is 0 Å². The van der Waals surface area contributed by atoms with Crippen molar-refractivity contribution in [1.29, 1.82) is 0 Å². The summed E-state index contributed by atoms with van der Waals surface area (Å²) in [6.45, 7) is 3.67. The third kappa shape index (κ3) is 5.87. The van der Waals surface area contributed by atoms with Crippen LogP contribution < -0.4 is 14.8 Å². The number of sulfonamides is 1. The molecule has 0 aliphatic heterocycles. The van der Waals surface area contributed by atoms with Crippen LogP contribution in [-0.2, 0) is 17.1 Å². The highest BCUT2D eigenvalue weighted by Crippen LogP contribution is 2.29. The Hall–Kier alpha value is -2.88. The zero-order chi connectivity index (χ0) is 23.3. The lowest BCUT2D eigenvalue weighted by atomic mass is 10.1. The summed E-state index contributed by atoms with van der Waals surface area (Å²) in [4.78, 5) is 13.1. The summed E-state index contributed by atoms with van der Waals surface area (Å²) < 4.78 is 34.8. The Labute approximate surface area is 192 Å².